The second-order valence-corrected chi connectivity index (χ2v) is 8.28. The summed E-state index contributed by atoms with van der Waals surface area (Å²) in [5.74, 6) is -1.20. The molecule has 3 rings (SSSR count). The van der Waals surface area contributed by atoms with Gasteiger partial charge in [-0.1, -0.05) is 0 Å². The van der Waals surface area contributed by atoms with Crippen LogP contribution in [0.25, 0.3) is 0 Å². The van der Waals surface area contributed by atoms with E-state index in [2.05, 4.69) is 0 Å². The van der Waals surface area contributed by atoms with Gasteiger partial charge < -0.3 is 4.74 Å². The number of carbonyl (C=O) groups excluding carboxylic acids is 3. The summed E-state index contributed by atoms with van der Waals surface area (Å²) in [5, 5.41) is 9.17. The molecule has 11 nitrogen and oxygen atoms in total. The van der Waals surface area contributed by atoms with Crippen LogP contribution in [-0.2, 0) is 19.6 Å². The number of urea groups is 1. The van der Waals surface area contributed by atoms with Crippen molar-refractivity contribution in [3.8, 4) is 5.75 Å². The molecule has 0 aliphatic carbocycles. The van der Waals surface area contributed by atoms with Gasteiger partial charge in [0.25, 0.3) is 11.8 Å². The minimum atomic E-state index is -4.23. The normalized spacial score (nSPS) is 23.4. The first kappa shape index (κ1) is 20.0. The van der Waals surface area contributed by atoms with Gasteiger partial charge in [0.15, 0.2) is 6.17 Å². The van der Waals surface area contributed by atoms with Crippen molar-refractivity contribution in [2.75, 3.05) is 20.7 Å². The number of ether oxygens (including phenoxy) is 1. The number of sulfonamides is 1. The number of hydroxylamine groups is 1. The van der Waals surface area contributed by atoms with Crippen LogP contribution in [0.2, 0.25) is 0 Å². The molecule has 0 aromatic heterocycles. The minimum absolute atomic E-state index is 0.107. The molecule has 1 unspecified atom stereocenters. The average molecular weight is 412 g/mol. The van der Waals surface area contributed by atoms with Crippen molar-refractivity contribution in [3.63, 3.8) is 0 Å². The SMILES string of the molecule is COc1ccc(S(=O)(=O)N2CCC[C@H]3C(=O)N(C)C(=O)N3C2C(=O)NO)cc1. The summed E-state index contributed by atoms with van der Waals surface area (Å²) in [6, 6.07) is 3.75. The fourth-order valence-corrected chi connectivity index (χ4v) is 5.01. The van der Waals surface area contributed by atoms with E-state index in [9.17, 15) is 22.8 Å². The molecule has 12 heteroatoms. The van der Waals surface area contributed by atoms with Crippen LogP contribution in [0.4, 0.5) is 4.79 Å². The number of benzene rings is 1. The van der Waals surface area contributed by atoms with E-state index in [1.807, 2.05) is 0 Å². The predicted octanol–water partition coefficient (Wildman–Crippen LogP) is -0.426. The molecular formula is C16H20N4O7S. The Morgan fingerprint density at radius 1 is 1.25 bits per heavy atom. The molecule has 2 aliphatic rings. The minimum Gasteiger partial charge on any atom is -0.497 e. The molecule has 2 atom stereocenters. The molecule has 1 aromatic carbocycles. The lowest BCUT2D eigenvalue weighted by atomic mass is 10.1. The number of imide groups is 1. The number of nitrogens with one attached hydrogen (secondary N) is 1. The van der Waals surface area contributed by atoms with Gasteiger partial charge in [-0.3, -0.25) is 24.6 Å². The van der Waals surface area contributed by atoms with Crippen molar-refractivity contribution >= 4 is 27.9 Å². The highest BCUT2D eigenvalue weighted by Gasteiger charge is 2.53. The molecule has 2 fully saturated rings. The third-order valence-corrected chi connectivity index (χ3v) is 6.73. The molecule has 2 heterocycles. The largest absolute Gasteiger partial charge is 0.497 e. The van der Waals surface area contributed by atoms with E-state index in [0.717, 1.165) is 14.1 Å². The van der Waals surface area contributed by atoms with E-state index in [0.29, 0.717) is 5.75 Å². The number of hydrogen-bond acceptors (Lipinski definition) is 7. The molecule has 1 aromatic rings. The highest BCUT2D eigenvalue weighted by molar-refractivity contribution is 7.89. The summed E-state index contributed by atoms with van der Waals surface area (Å²) in [7, 11) is -1.53. The second kappa shape index (κ2) is 7.37. The van der Waals surface area contributed by atoms with Crippen molar-refractivity contribution in [2.24, 2.45) is 0 Å². The second-order valence-electron chi connectivity index (χ2n) is 6.39. The van der Waals surface area contributed by atoms with Gasteiger partial charge in [-0.15, -0.1) is 0 Å². The van der Waals surface area contributed by atoms with Gasteiger partial charge in [0, 0.05) is 13.6 Å². The lowest BCUT2D eigenvalue weighted by Crippen LogP contribution is -2.59. The molecule has 0 radical (unpaired) electrons. The van der Waals surface area contributed by atoms with Gasteiger partial charge in [-0.05, 0) is 37.1 Å². The lowest BCUT2D eigenvalue weighted by Gasteiger charge is -2.34. The zero-order valence-corrected chi connectivity index (χ0v) is 16.0. The Labute approximate surface area is 161 Å². The molecule has 2 N–H and O–H groups in total. The summed E-state index contributed by atoms with van der Waals surface area (Å²) in [6.45, 7) is -0.107. The number of likely N-dealkylation sites (N-methyl/N-ethyl adjacent to an activating group) is 1. The Morgan fingerprint density at radius 2 is 1.89 bits per heavy atom. The van der Waals surface area contributed by atoms with Gasteiger partial charge in [-0.25, -0.2) is 18.7 Å². The molecule has 28 heavy (non-hydrogen) atoms. The van der Waals surface area contributed by atoms with Gasteiger partial charge in [-0.2, -0.15) is 4.31 Å². The zero-order chi connectivity index (χ0) is 20.6. The zero-order valence-electron chi connectivity index (χ0n) is 15.2. The first-order chi connectivity index (χ1) is 13.2. The van der Waals surface area contributed by atoms with E-state index < -0.39 is 40.1 Å². The lowest BCUT2D eigenvalue weighted by molar-refractivity contribution is -0.138. The number of methoxy groups -OCH3 is 1. The first-order valence-corrected chi connectivity index (χ1v) is 9.87. The molecular weight excluding hydrogens is 392 g/mol. The maximum absolute atomic E-state index is 13.2. The Balaban J connectivity index is 2.08. The van der Waals surface area contributed by atoms with Crippen LogP contribution >= 0.6 is 0 Å². The monoisotopic (exact) mass is 412 g/mol. The molecule has 0 spiro atoms. The Morgan fingerprint density at radius 3 is 2.46 bits per heavy atom. The summed E-state index contributed by atoms with van der Waals surface area (Å²) >= 11 is 0. The summed E-state index contributed by atoms with van der Waals surface area (Å²) in [4.78, 5) is 38.9. The van der Waals surface area contributed by atoms with Crippen LogP contribution in [0.3, 0.4) is 0 Å². The van der Waals surface area contributed by atoms with Crippen LogP contribution in [0.5, 0.6) is 5.75 Å². The summed E-state index contributed by atoms with van der Waals surface area (Å²) in [6.07, 6.45) is -1.26. The molecule has 2 saturated heterocycles. The van der Waals surface area contributed by atoms with Crippen molar-refractivity contribution in [1.29, 1.82) is 0 Å². The third kappa shape index (κ3) is 3.08. The van der Waals surface area contributed by atoms with Gasteiger partial charge in [0.1, 0.15) is 11.8 Å². The van der Waals surface area contributed by atoms with Crippen LogP contribution in [-0.4, -0.2) is 78.5 Å². The maximum Gasteiger partial charge on any atom is 0.328 e. The van der Waals surface area contributed by atoms with E-state index >= 15 is 0 Å². The highest BCUT2D eigenvalue weighted by atomic mass is 32.2. The van der Waals surface area contributed by atoms with Gasteiger partial charge >= 0.3 is 6.03 Å². The quantitative estimate of drug-likeness (QED) is 0.389. The van der Waals surface area contributed by atoms with Crippen molar-refractivity contribution < 1.29 is 32.7 Å². The van der Waals surface area contributed by atoms with E-state index in [1.165, 1.54) is 43.9 Å². The van der Waals surface area contributed by atoms with E-state index in [4.69, 9.17) is 9.94 Å². The molecule has 0 saturated carbocycles. The third-order valence-electron chi connectivity index (χ3n) is 4.86. The van der Waals surface area contributed by atoms with Gasteiger partial charge in [0.2, 0.25) is 10.0 Å². The average Bonchev–Trinajstić information content (AvgIpc) is 2.86. The standard InChI is InChI=1S/C16H20N4O7S/c1-18-15(22)12-4-3-9-19(14(13(21)17-24)20(12)16(18)23)28(25,26)11-7-5-10(27-2)6-8-11/h5-8,12,14,24H,3-4,9H2,1-2H3,(H,17,21)/t12-,14?/m0/s1. The maximum atomic E-state index is 13.2. The van der Waals surface area contributed by atoms with E-state index in [-0.39, 0.29) is 24.3 Å². The van der Waals surface area contributed by atoms with Crippen LogP contribution in [0.1, 0.15) is 12.8 Å². The molecule has 152 valence electrons. The number of fused-ring (bicyclic) bond motifs is 1. The fourth-order valence-electron chi connectivity index (χ4n) is 3.43. The van der Waals surface area contributed by atoms with Crippen LogP contribution in [0, 0.1) is 0 Å². The summed E-state index contributed by atoms with van der Waals surface area (Å²) < 4.78 is 32.3. The predicted molar refractivity (Wildman–Crippen MR) is 93.6 cm³/mol. The van der Waals surface area contributed by atoms with Crippen molar-refractivity contribution in [3.05, 3.63) is 24.3 Å². The van der Waals surface area contributed by atoms with Crippen LogP contribution < -0.4 is 10.2 Å². The van der Waals surface area contributed by atoms with Crippen molar-refractivity contribution in [2.45, 2.75) is 29.9 Å². The number of hydrogen-bond donors (Lipinski definition) is 2. The number of carbonyl (C=O) groups is 3. The Hall–Kier alpha value is -2.70. The van der Waals surface area contributed by atoms with E-state index in [1.54, 1.807) is 0 Å². The summed E-state index contributed by atoms with van der Waals surface area (Å²) in [5.41, 5.74) is 1.41. The molecule has 0 bridgehead atoms. The van der Waals surface area contributed by atoms with Crippen molar-refractivity contribution in [1.82, 2.24) is 19.6 Å². The van der Waals surface area contributed by atoms with Gasteiger partial charge in [0.05, 0.1) is 12.0 Å². The number of nitrogens with zero attached hydrogens (tertiary/aromatic N) is 3. The molecule has 2 aliphatic heterocycles. The Kier molecular flexibility index (Phi) is 5.28. The number of rotatable bonds is 4. The fraction of sp³-hybridized carbons (Fsp3) is 0.438. The Bertz CT molecular complexity index is 902. The highest BCUT2D eigenvalue weighted by Crippen LogP contribution is 2.31. The topological polar surface area (TPSA) is 137 Å². The number of amides is 4. The smallest absolute Gasteiger partial charge is 0.328 e. The first-order valence-electron chi connectivity index (χ1n) is 8.43. The molecule has 4 amide bonds. The van der Waals surface area contributed by atoms with Crippen LogP contribution in [0.15, 0.2) is 29.2 Å².